The molecule has 0 aliphatic rings. The molecular weight excluding hydrogens is 1200 g/mol. The van der Waals surface area contributed by atoms with E-state index < -0.39 is 200 Å². The van der Waals surface area contributed by atoms with Gasteiger partial charge in [0.1, 0.15) is 54.4 Å². The van der Waals surface area contributed by atoms with Crippen molar-refractivity contribution < 1.29 is 97.5 Å². The zero-order valence-electron chi connectivity index (χ0n) is 50.5. The lowest BCUT2D eigenvalue weighted by Gasteiger charge is -2.28. The molecule has 29 N–H and O–H groups in total. The molecule has 11 amide bonds. The summed E-state index contributed by atoms with van der Waals surface area (Å²) < 4.78 is 0. The van der Waals surface area contributed by atoms with Gasteiger partial charge in [0.05, 0.1) is 31.5 Å². The molecular formula is C51H89N19O20. The Hall–Kier alpha value is -9.53. The van der Waals surface area contributed by atoms with Crippen LogP contribution in [-0.2, 0) is 71.9 Å². The number of carbonyl (C=O) groups excluding carboxylic acids is 11. The van der Waals surface area contributed by atoms with E-state index in [4.69, 9.17) is 40.1 Å². The van der Waals surface area contributed by atoms with Gasteiger partial charge >= 0.3 is 23.9 Å². The van der Waals surface area contributed by atoms with Gasteiger partial charge in [-0.15, -0.1) is 0 Å². The standard InChI is InChI=1S/C51H89N19O20/c1-23(2)19-31(40(54)81)68-45(86)29(12-14-35(73)74)66-48(89)33(21-38(79)80)69-44(85)28(10-5-6-16-52)64-41(82)24(3)62-49(90)39(25(4)71)70-46(87)30(13-15-36(75)76)67-47(88)32(20-37(77)78)63-34(72)22-61-43(84)27(11-8-18-60-51(57)58)65-42(83)26(53)9-7-17-59-50(55)56/h23-33,39,71H,5-22,52-53H2,1-4H3,(H2,54,81)(H,61,84)(H,62,90)(H,63,72)(H,64,82)(H,65,83)(H,66,89)(H,67,88)(H,68,86)(H,69,85)(H,70,87)(H,73,74)(H,75,76)(H,77,78)(H,79,80)(H4,55,56,59)(H4,57,58,60). The number of hydrogen-bond acceptors (Lipinski definition) is 20. The second-order valence-corrected chi connectivity index (χ2v) is 21.0. The van der Waals surface area contributed by atoms with Crippen molar-refractivity contribution in [2.45, 2.75) is 184 Å². The molecule has 0 aromatic rings. The first-order valence-electron chi connectivity index (χ1n) is 28.4. The number of hydrogen-bond donors (Lipinski definition) is 22. The first kappa shape index (κ1) is 80.5. The lowest BCUT2D eigenvalue weighted by Crippen LogP contribution is -2.61. The van der Waals surface area contributed by atoms with Gasteiger partial charge in [-0.3, -0.25) is 81.9 Å². The van der Waals surface area contributed by atoms with Crippen LogP contribution in [0.1, 0.15) is 118 Å². The average Bonchev–Trinajstić information content (AvgIpc) is 1.78. The molecule has 0 heterocycles. The lowest BCUT2D eigenvalue weighted by atomic mass is 10.0. The predicted octanol–water partition coefficient (Wildman–Crippen LogP) is -9.36. The molecule has 0 aliphatic carbocycles. The van der Waals surface area contributed by atoms with E-state index in [1.807, 2.05) is 0 Å². The Bertz CT molecular complexity index is 2560. The number of carboxylic acids is 4. The van der Waals surface area contributed by atoms with Gasteiger partial charge in [-0.1, -0.05) is 13.8 Å². The zero-order valence-corrected chi connectivity index (χ0v) is 50.5. The van der Waals surface area contributed by atoms with Crippen LogP contribution in [0.4, 0.5) is 0 Å². The number of carbonyl (C=O) groups is 15. The highest BCUT2D eigenvalue weighted by Crippen LogP contribution is 2.10. The Labute approximate surface area is 516 Å². The summed E-state index contributed by atoms with van der Waals surface area (Å²) in [7, 11) is 0. The summed E-state index contributed by atoms with van der Waals surface area (Å²) in [6, 6.07) is -16.7. The molecule has 90 heavy (non-hydrogen) atoms. The molecule has 0 aliphatic heterocycles. The van der Waals surface area contributed by atoms with Crippen LogP contribution in [0, 0.1) is 5.92 Å². The van der Waals surface area contributed by atoms with Gasteiger partial charge in [-0.2, -0.15) is 0 Å². The van der Waals surface area contributed by atoms with Crippen molar-refractivity contribution in [3.8, 4) is 0 Å². The Kier molecular flexibility index (Phi) is 37.9. The minimum Gasteiger partial charge on any atom is -0.481 e. The molecule has 0 spiro atoms. The van der Waals surface area contributed by atoms with E-state index in [2.05, 4.69) is 63.2 Å². The fourth-order valence-corrected chi connectivity index (χ4v) is 7.97. The first-order chi connectivity index (χ1) is 42.0. The monoisotopic (exact) mass is 1290 g/mol. The number of nitrogens with two attached hydrogens (primary N) is 7. The van der Waals surface area contributed by atoms with Gasteiger partial charge in [0, 0.05) is 25.9 Å². The predicted molar refractivity (Wildman–Crippen MR) is 315 cm³/mol. The molecule has 508 valence electrons. The highest BCUT2D eigenvalue weighted by atomic mass is 16.4. The maximum atomic E-state index is 13.8. The van der Waals surface area contributed by atoms with Crippen molar-refractivity contribution in [3.63, 3.8) is 0 Å². The summed E-state index contributed by atoms with van der Waals surface area (Å²) in [5, 5.41) is 71.0. The number of aliphatic carboxylic acids is 4. The van der Waals surface area contributed by atoms with Gasteiger partial charge < -0.3 is 119 Å². The third-order valence-electron chi connectivity index (χ3n) is 12.7. The van der Waals surface area contributed by atoms with Crippen molar-refractivity contribution in [3.05, 3.63) is 0 Å². The molecule has 11 unspecified atom stereocenters. The zero-order chi connectivity index (χ0) is 69.0. The van der Waals surface area contributed by atoms with Crippen molar-refractivity contribution >= 4 is 101 Å². The second kappa shape index (κ2) is 42.4. The van der Waals surface area contributed by atoms with E-state index in [0.29, 0.717) is 0 Å². The normalized spacial score (nSPS) is 14.5. The fourth-order valence-electron chi connectivity index (χ4n) is 7.97. The Morgan fingerprint density at radius 2 is 0.822 bits per heavy atom. The average molecular weight is 1290 g/mol. The number of guanidine groups is 2. The number of aliphatic hydroxyl groups is 1. The molecule has 0 radical (unpaired) electrons. The van der Waals surface area contributed by atoms with Crippen LogP contribution in [0.2, 0.25) is 0 Å². The van der Waals surface area contributed by atoms with E-state index in [1.165, 1.54) is 0 Å². The Morgan fingerprint density at radius 1 is 0.422 bits per heavy atom. The quantitative estimate of drug-likeness (QED) is 0.0153. The summed E-state index contributed by atoms with van der Waals surface area (Å²) >= 11 is 0. The molecule has 0 aromatic carbocycles. The molecule has 0 fully saturated rings. The summed E-state index contributed by atoms with van der Waals surface area (Å²) in [5.41, 5.74) is 38.3. The maximum absolute atomic E-state index is 13.8. The van der Waals surface area contributed by atoms with Crippen molar-refractivity contribution in [1.82, 2.24) is 53.2 Å². The number of primary amides is 1. The highest BCUT2D eigenvalue weighted by Gasteiger charge is 2.37. The van der Waals surface area contributed by atoms with Gasteiger partial charge in [0.2, 0.25) is 65.0 Å². The van der Waals surface area contributed by atoms with Crippen LogP contribution in [0.25, 0.3) is 0 Å². The van der Waals surface area contributed by atoms with Crippen LogP contribution in [0.15, 0.2) is 9.98 Å². The number of rotatable bonds is 46. The van der Waals surface area contributed by atoms with Gasteiger partial charge in [-0.25, -0.2) is 0 Å². The molecule has 11 atom stereocenters. The highest BCUT2D eigenvalue weighted by molar-refractivity contribution is 6.00. The number of aliphatic imine (C=N–C) groups is 2. The largest absolute Gasteiger partial charge is 0.481 e. The third-order valence-corrected chi connectivity index (χ3v) is 12.7. The summed E-state index contributed by atoms with van der Waals surface area (Å²) in [6.45, 7) is 4.83. The molecule has 39 nitrogen and oxygen atoms in total. The fraction of sp³-hybridized carbons (Fsp3) is 0.667. The molecule has 0 bridgehead atoms. The number of nitrogens with one attached hydrogen (secondary N) is 10. The number of carboxylic acid groups (broad SMARTS) is 4. The van der Waals surface area contributed by atoms with Crippen molar-refractivity contribution in [2.75, 3.05) is 26.2 Å². The van der Waals surface area contributed by atoms with Gasteiger partial charge in [0.25, 0.3) is 0 Å². The smallest absolute Gasteiger partial charge is 0.305 e. The van der Waals surface area contributed by atoms with Crippen LogP contribution in [-0.4, -0.2) is 219 Å². The molecule has 0 saturated carbocycles. The van der Waals surface area contributed by atoms with E-state index in [-0.39, 0.29) is 88.8 Å². The van der Waals surface area contributed by atoms with E-state index in [0.717, 1.165) is 13.8 Å². The third kappa shape index (κ3) is 34.7. The van der Waals surface area contributed by atoms with Crippen LogP contribution < -0.4 is 93.3 Å². The molecule has 0 rings (SSSR count). The summed E-state index contributed by atoms with van der Waals surface area (Å²) in [6.07, 6.45) is -6.34. The minimum atomic E-state index is -2.03. The SMILES string of the molecule is CC(C)CC(NC(=O)C(CCC(=O)O)NC(=O)C(CC(=O)O)NC(=O)C(CCCCN)NC(=O)C(C)NC(=O)C(NC(=O)C(CCC(=O)O)NC(=O)C(CC(=O)O)NC(=O)CNC(=O)C(CCCN=C(N)N)NC(=O)C(N)CCCN=C(N)N)C(C)O)C(N)=O. The van der Waals surface area contributed by atoms with Crippen molar-refractivity contribution in [1.29, 1.82) is 0 Å². The molecule has 0 aromatic heterocycles. The number of nitrogens with zero attached hydrogens (tertiary/aromatic N) is 2. The van der Waals surface area contributed by atoms with Gasteiger partial charge in [0.15, 0.2) is 11.9 Å². The Balaban J connectivity index is 6.49. The Morgan fingerprint density at radius 3 is 1.27 bits per heavy atom. The van der Waals surface area contributed by atoms with Crippen LogP contribution >= 0.6 is 0 Å². The molecule has 39 heteroatoms. The van der Waals surface area contributed by atoms with Gasteiger partial charge in [-0.05, 0) is 90.5 Å². The van der Waals surface area contributed by atoms with Crippen molar-refractivity contribution in [2.24, 2.45) is 56.0 Å². The van der Waals surface area contributed by atoms with E-state index >= 15 is 0 Å². The van der Waals surface area contributed by atoms with E-state index in [1.54, 1.807) is 13.8 Å². The number of unbranched alkanes of at least 4 members (excludes halogenated alkanes) is 1. The maximum Gasteiger partial charge on any atom is 0.305 e. The second-order valence-electron chi connectivity index (χ2n) is 21.0. The summed E-state index contributed by atoms with van der Waals surface area (Å²) in [5.74, 6) is -19.4. The van der Waals surface area contributed by atoms with Crippen LogP contribution in [0.5, 0.6) is 0 Å². The lowest BCUT2D eigenvalue weighted by molar-refractivity contribution is -0.142. The summed E-state index contributed by atoms with van der Waals surface area (Å²) in [4.78, 5) is 202. The first-order valence-corrected chi connectivity index (χ1v) is 28.4. The topological polar surface area (TPSA) is 684 Å². The minimum absolute atomic E-state index is 0.0169. The van der Waals surface area contributed by atoms with E-state index in [9.17, 15) is 97.5 Å². The number of amides is 11. The molecule has 0 saturated heterocycles. The van der Waals surface area contributed by atoms with Crippen LogP contribution in [0.3, 0.4) is 0 Å². The number of aliphatic hydroxyl groups excluding tert-OH is 1.